The maximum atomic E-state index is 12.5. The highest BCUT2D eigenvalue weighted by atomic mass is 79.9. The first-order valence-electron chi connectivity index (χ1n) is 6.27. The third kappa shape index (κ3) is 3.48. The van der Waals surface area contributed by atoms with Crippen LogP contribution in [-0.4, -0.2) is 20.7 Å². The van der Waals surface area contributed by atoms with E-state index in [2.05, 4.69) is 15.9 Å². The minimum absolute atomic E-state index is 0.0100. The van der Waals surface area contributed by atoms with Crippen LogP contribution in [0, 0.1) is 0 Å². The molecule has 2 N–H and O–H groups in total. The quantitative estimate of drug-likeness (QED) is 0.898. The van der Waals surface area contributed by atoms with Crippen molar-refractivity contribution >= 4 is 25.8 Å². The third-order valence-electron chi connectivity index (χ3n) is 3.15. The van der Waals surface area contributed by atoms with Crippen molar-refractivity contribution in [3.8, 4) is 0 Å². The van der Waals surface area contributed by atoms with E-state index < -0.39 is 9.84 Å². The predicted molar refractivity (Wildman–Crippen MR) is 84.4 cm³/mol. The molecule has 1 unspecified atom stereocenters. The molecule has 0 amide bonds. The maximum absolute atomic E-state index is 12.5. The lowest BCUT2D eigenvalue weighted by atomic mass is 10.0. The predicted octanol–water partition coefficient (Wildman–Crippen LogP) is 2.97. The summed E-state index contributed by atoms with van der Waals surface area (Å²) in [7, 11) is -3.38. The molecule has 0 aliphatic heterocycles. The summed E-state index contributed by atoms with van der Waals surface area (Å²) in [4.78, 5) is 0.314. The molecular weight excluding hydrogens is 338 g/mol. The van der Waals surface area contributed by atoms with Crippen LogP contribution in [0.2, 0.25) is 0 Å². The lowest BCUT2D eigenvalue weighted by Crippen LogP contribution is -2.22. The Labute approximate surface area is 127 Å². The first-order valence-corrected chi connectivity index (χ1v) is 8.71. The molecule has 106 valence electrons. The molecule has 1 atom stereocenters. The van der Waals surface area contributed by atoms with Gasteiger partial charge in [-0.3, -0.25) is 0 Å². The van der Waals surface area contributed by atoms with Crippen LogP contribution in [-0.2, 0) is 9.84 Å². The average Bonchev–Trinajstić information content (AvgIpc) is 2.46. The number of nitrogens with two attached hydrogens (primary N) is 1. The molecule has 20 heavy (non-hydrogen) atoms. The molecular formula is C15H16BrNO2S. The summed E-state index contributed by atoms with van der Waals surface area (Å²) in [6, 6.07) is 16.4. The van der Waals surface area contributed by atoms with E-state index in [0.29, 0.717) is 15.9 Å². The molecule has 0 bridgehead atoms. The topological polar surface area (TPSA) is 60.2 Å². The number of hydrogen-bond donors (Lipinski definition) is 1. The Balaban J connectivity index is 2.30. The normalized spacial score (nSPS) is 13.1. The van der Waals surface area contributed by atoms with Crippen LogP contribution in [0.1, 0.15) is 11.5 Å². The molecule has 0 heterocycles. The van der Waals surface area contributed by atoms with Crippen LogP contribution in [0.15, 0.2) is 64.0 Å². The van der Waals surface area contributed by atoms with Crippen molar-refractivity contribution < 1.29 is 8.42 Å². The fourth-order valence-electron chi connectivity index (χ4n) is 2.08. The van der Waals surface area contributed by atoms with Crippen molar-refractivity contribution in [3.63, 3.8) is 0 Å². The van der Waals surface area contributed by atoms with Gasteiger partial charge in [-0.25, -0.2) is 8.42 Å². The Bertz CT molecular complexity index is 671. The Morgan fingerprint density at radius 1 is 1.00 bits per heavy atom. The molecule has 0 fully saturated rings. The summed E-state index contributed by atoms with van der Waals surface area (Å²) >= 11 is 3.29. The number of halogens is 1. The van der Waals surface area contributed by atoms with Crippen LogP contribution in [0.4, 0.5) is 0 Å². The van der Waals surface area contributed by atoms with Crippen LogP contribution >= 0.6 is 15.9 Å². The molecule has 0 radical (unpaired) electrons. The Morgan fingerprint density at radius 2 is 1.60 bits per heavy atom. The minimum atomic E-state index is -3.38. The van der Waals surface area contributed by atoms with E-state index in [1.165, 1.54) is 0 Å². The van der Waals surface area contributed by atoms with Gasteiger partial charge >= 0.3 is 0 Å². The molecule has 2 aromatic rings. The van der Waals surface area contributed by atoms with Crippen molar-refractivity contribution in [2.45, 2.75) is 10.8 Å². The highest BCUT2D eigenvalue weighted by Gasteiger charge is 2.23. The molecule has 2 rings (SSSR count). The molecule has 0 saturated carbocycles. The zero-order chi connectivity index (χ0) is 14.6. The second-order valence-electron chi connectivity index (χ2n) is 4.56. The zero-order valence-electron chi connectivity index (χ0n) is 10.9. The first kappa shape index (κ1) is 15.2. The molecule has 0 saturated heterocycles. The Kier molecular flexibility index (Phi) is 4.96. The number of benzene rings is 2. The highest BCUT2D eigenvalue weighted by molar-refractivity contribution is 9.10. The van der Waals surface area contributed by atoms with Gasteiger partial charge in [0.25, 0.3) is 0 Å². The highest BCUT2D eigenvalue weighted by Crippen LogP contribution is 2.26. The third-order valence-corrected chi connectivity index (χ3v) is 5.97. The molecule has 5 heteroatoms. The van der Waals surface area contributed by atoms with E-state index in [1.54, 1.807) is 24.3 Å². The first-order chi connectivity index (χ1) is 9.54. The summed E-state index contributed by atoms with van der Waals surface area (Å²) in [6.07, 6.45) is 0. The van der Waals surface area contributed by atoms with E-state index in [1.807, 2.05) is 30.3 Å². The average molecular weight is 354 g/mol. The summed E-state index contributed by atoms with van der Waals surface area (Å²) < 4.78 is 25.6. The SMILES string of the molecule is NCC(CS(=O)(=O)c1ccccc1Br)c1ccccc1. The largest absolute Gasteiger partial charge is 0.330 e. The van der Waals surface area contributed by atoms with E-state index in [9.17, 15) is 8.42 Å². The van der Waals surface area contributed by atoms with Crippen LogP contribution in [0.5, 0.6) is 0 Å². The monoisotopic (exact) mass is 353 g/mol. The Morgan fingerprint density at radius 3 is 2.20 bits per heavy atom. The smallest absolute Gasteiger partial charge is 0.180 e. The summed E-state index contributed by atoms with van der Waals surface area (Å²) in [5, 5.41) is 0. The van der Waals surface area contributed by atoms with Crippen molar-refractivity contribution in [2.24, 2.45) is 5.73 Å². The van der Waals surface area contributed by atoms with Crippen LogP contribution in [0.25, 0.3) is 0 Å². The van der Waals surface area contributed by atoms with Crippen molar-refractivity contribution in [2.75, 3.05) is 12.3 Å². The lowest BCUT2D eigenvalue weighted by molar-refractivity contribution is 0.587. The van der Waals surface area contributed by atoms with Gasteiger partial charge in [0, 0.05) is 16.9 Å². The van der Waals surface area contributed by atoms with E-state index >= 15 is 0 Å². The van der Waals surface area contributed by atoms with Crippen molar-refractivity contribution in [1.29, 1.82) is 0 Å². The minimum Gasteiger partial charge on any atom is -0.330 e. The van der Waals surface area contributed by atoms with Gasteiger partial charge in [-0.1, -0.05) is 42.5 Å². The van der Waals surface area contributed by atoms with Gasteiger partial charge in [-0.15, -0.1) is 0 Å². The number of hydrogen-bond acceptors (Lipinski definition) is 3. The van der Waals surface area contributed by atoms with Gasteiger partial charge in [0.2, 0.25) is 0 Å². The summed E-state index contributed by atoms with van der Waals surface area (Å²) in [5.41, 5.74) is 6.70. The van der Waals surface area contributed by atoms with Crippen LogP contribution in [0.3, 0.4) is 0 Å². The van der Waals surface area contributed by atoms with Gasteiger partial charge in [0.15, 0.2) is 9.84 Å². The number of sulfone groups is 1. The van der Waals surface area contributed by atoms with Crippen molar-refractivity contribution in [3.05, 3.63) is 64.6 Å². The van der Waals surface area contributed by atoms with Crippen molar-refractivity contribution in [1.82, 2.24) is 0 Å². The maximum Gasteiger partial charge on any atom is 0.180 e. The molecule has 3 nitrogen and oxygen atoms in total. The standard InChI is InChI=1S/C15H16BrNO2S/c16-14-8-4-5-9-15(14)20(18,19)11-13(10-17)12-6-2-1-3-7-12/h1-9,13H,10-11,17H2. The van der Waals surface area contributed by atoms with Gasteiger partial charge in [-0.05, 0) is 33.6 Å². The Hall–Kier alpha value is -1.17. The van der Waals surface area contributed by atoms with Gasteiger partial charge in [0.05, 0.1) is 10.6 Å². The fourth-order valence-corrected chi connectivity index (χ4v) is 4.79. The zero-order valence-corrected chi connectivity index (χ0v) is 13.3. The fraction of sp³-hybridized carbons (Fsp3) is 0.200. The molecule has 0 aliphatic carbocycles. The molecule has 2 aromatic carbocycles. The van der Waals surface area contributed by atoms with E-state index in [0.717, 1.165) is 5.56 Å². The summed E-state index contributed by atoms with van der Waals surface area (Å²) in [5.74, 6) is -0.191. The molecule has 0 aliphatic rings. The summed E-state index contributed by atoms with van der Waals surface area (Å²) in [6.45, 7) is 0.299. The van der Waals surface area contributed by atoms with E-state index in [-0.39, 0.29) is 11.7 Å². The lowest BCUT2D eigenvalue weighted by Gasteiger charge is -2.16. The second-order valence-corrected chi connectivity index (χ2v) is 7.41. The molecule has 0 spiro atoms. The van der Waals surface area contributed by atoms with Gasteiger partial charge in [-0.2, -0.15) is 0 Å². The second kappa shape index (κ2) is 6.52. The van der Waals surface area contributed by atoms with E-state index in [4.69, 9.17) is 5.73 Å². The van der Waals surface area contributed by atoms with Crippen LogP contribution < -0.4 is 5.73 Å². The number of rotatable bonds is 5. The molecule has 0 aromatic heterocycles. The van der Waals surface area contributed by atoms with Gasteiger partial charge in [0.1, 0.15) is 0 Å². The van der Waals surface area contributed by atoms with Gasteiger partial charge < -0.3 is 5.73 Å².